The Labute approximate surface area is 226 Å². The molecule has 212 valence electrons. The van der Waals surface area contributed by atoms with Crippen LogP contribution in [0.15, 0.2) is 11.6 Å². The number of ether oxygens (including phenoxy) is 2. The molecule has 0 amide bonds. The van der Waals surface area contributed by atoms with Gasteiger partial charge in [0.15, 0.2) is 0 Å². The van der Waals surface area contributed by atoms with Gasteiger partial charge in [0.1, 0.15) is 23.0 Å². The molecular formula is C31H46O7. The number of methoxy groups -OCH3 is 1. The zero-order chi connectivity index (χ0) is 27.7. The van der Waals surface area contributed by atoms with Gasteiger partial charge in [-0.1, -0.05) is 46.3 Å². The number of carbonyl (C=O) groups is 2. The summed E-state index contributed by atoms with van der Waals surface area (Å²) in [6.45, 7) is 11.0. The van der Waals surface area contributed by atoms with Crippen molar-refractivity contribution in [1.29, 1.82) is 0 Å². The molecule has 7 heteroatoms. The highest BCUT2D eigenvalue weighted by Gasteiger charge is 2.76. The second kappa shape index (κ2) is 7.85. The summed E-state index contributed by atoms with van der Waals surface area (Å²) in [5.74, 6) is -0.793. The molecule has 6 aliphatic rings. The smallest absolute Gasteiger partial charge is 0.317 e. The Morgan fingerprint density at radius 2 is 1.76 bits per heavy atom. The first-order chi connectivity index (χ1) is 17.7. The highest BCUT2D eigenvalue weighted by molar-refractivity contribution is 5.82. The molecule has 0 aromatic heterocycles. The Kier molecular flexibility index (Phi) is 5.53. The minimum Gasteiger partial charge on any atom is -0.468 e. The van der Waals surface area contributed by atoms with Crippen LogP contribution in [0.25, 0.3) is 0 Å². The Hall–Kier alpha value is -1.44. The molecule has 4 saturated carbocycles. The van der Waals surface area contributed by atoms with Gasteiger partial charge in [-0.3, -0.25) is 9.59 Å². The topological polar surface area (TPSA) is 113 Å². The summed E-state index contributed by atoms with van der Waals surface area (Å²) in [5.41, 5.74) is -1.63. The van der Waals surface area contributed by atoms with Crippen molar-refractivity contribution < 1.29 is 34.4 Å². The van der Waals surface area contributed by atoms with Crippen molar-refractivity contribution in [3.8, 4) is 0 Å². The van der Waals surface area contributed by atoms with Gasteiger partial charge >= 0.3 is 11.9 Å². The van der Waals surface area contributed by atoms with Crippen LogP contribution in [0.5, 0.6) is 0 Å². The fourth-order valence-electron chi connectivity index (χ4n) is 11.4. The first kappa shape index (κ1) is 26.8. The molecule has 0 aromatic rings. The van der Waals surface area contributed by atoms with E-state index in [1.54, 1.807) is 0 Å². The molecule has 0 unspecified atom stereocenters. The molecule has 7 nitrogen and oxygen atoms in total. The summed E-state index contributed by atoms with van der Waals surface area (Å²) in [6.07, 6.45) is 5.78. The molecule has 38 heavy (non-hydrogen) atoms. The van der Waals surface area contributed by atoms with Crippen molar-refractivity contribution in [2.24, 2.45) is 50.2 Å². The van der Waals surface area contributed by atoms with Gasteiger partial charge in [0, 0.05) is 0 Å². The van der Waals surface area contributed by atoms with E-state index < -0.39 is 41.7 Å². The van der Waals surface area contributed by atoms with Gasteiger partial charge in [-0.15, -0.1) is 0 Å². The van der Waals surface area contributed by atoms with Crippen molar-refractivity contribution >= 4 is 11.9 Å². The maximum Gasteiger partial charge on any atom is 0.317 e. The zero-order valence-electron chi connectivity index (χ0n) is 23.9. The van der Waals surface area contributed by atoms with E-state index in [2.05, 4.69) is 40.7 Å². The van der Waals surface area contributed by atoms with Gasteiger partial charge in [-0.25, -0.2) is 0 Å². The summed E-state index contributed by atoms with van der Waals surface area (Å²) < 4.78 is 11.1. The van der Waals surface area contributed by atoms with Gasteiger partial charge in [-0.2, -0.15) is 0 Å². The predicted octanol–water partition coefficient (Wildman–Crippen LogP) is 3.78. The zero-order valence-corrected chi connectivity index (χ0v) is 23.9. The molecular weight excluding hydrogens is 484 g/mol. The van der Waals surface area contributed by atoms with Crippen LogP contribution in [0.2, 0.25) is 0 Å². The number of fused-ring (bicyclic) bond motifs is 10. The quantitative estimate of drug-likeness (QED) is 0.368. The highest BCUT2D eigenvalue weighted by Crippen LogP contribution is 2.76. The number of hydrogen-bond donors (Lipinski definition) is 3. The average Bonchev–Trinajstić information content (AvgIpc) is 3.01. The van der Waals surface area contributed by atoms with E-state index in [9.17, 15) is 24.9 Å². The van der Waals surface area contributed by atoms with Gasteiger partial charge in [0.25, 0.3) is 0 Å². The molecule has 5 fully saturated rings. The van der Waals surface area contributed by atoms with Crippen LogP contribution in [-0.4, -0.2) is 59.3 Å². The average molecular weight is 531 g/mol. The SMILES string of the molecule is COC(=O)[C@]12CCC(C)(C)C[C@H]1C1=CC[C@@H]3[C@@]4(C)C[C@@H]5OC(=O)[C@](CO)([C@@H]4CC[C@@]3(C)[C@]1(C)C[C@H]2O)[C@H]5O. The third-order valence-corrected chi connectivity index (χ3v) is 13.6. The summed E-state index contributed by atoms with van der Waals surface area (Å²) in [6, 6.07) is 0. The monoisotopic (exact) mass is 530 g/mol. The summed E-state index contributed by atoms with van der Waals surface area (Å²) in [7, 11) is 1.44. The number of carbonyl (C=O) groups excluding carboxylic acids is 2. The first-order valence-electron chi connectivity index (χ1n) is 14.6. The molecule has 11 atom stereocenters. The molecule has 2 bridgehead atoms. The van der Waals surface area contributed by atoms with E-state index in [1.807, 2.05) is 0 Å². The van der Waals surface area contributed by atoms with Crippen molar-refractivity contribution in [3.05, 3.63) is 11.6 Å². The van der Waals surface area contributed by atoms with Crippen LogP contribution in [0.1, 0.15) is 86.0 Å². The van der Waals surface area contributed by atoms with Crippen LogP contribution >= 0.6 is 0 Å². The Morgan fingerprint density at radius 1 is 1.05 bits per heavy atom. The molecule has 5 aliphatic carbocycles. The van der Waals surface area contributed by atoms with E-state index in [4.69, 9.17) is 9.47 Å². The lowest BCUT2D eigenvalue weighted by Crippen LogP contribution is -2.69. The van der Waals surface area contributed by atoms with Crippen LogP contribution in [0.4, 0.5) is 0 Å². The largest absolute Gasteiger partial charge is 0.468 e. The first-order valence-corrected chi connectivity index (χ1v) is 14.6. The van der Waals surface area contributed by atoms with E-state index in [0.29, 0.717) is 25.7 Å². The minimum absolute atomic E-state index is 0.0618. The Balaban J connectivity index is 1.48. The van der Waals surface area contributed by atoms with E-state index in [0.717, 1.165) is 25.7 Å². The number of hydrogen-bond acceptors (Lipinski definition) is 7. The number of aliphatic hydroxyl groups excluding tert-OH is 3. The maximum atomic E-state index is 13.4. The van der Waals surface area contributed by atoms with Crippen LogP contribution < -0.4 is 0 Å². The van der Waals surface area contributed by atoms with Crippen LogP contribution in [0, 0.1) is 50.2 Å². The standard InChI is InChI=1S/C31H46O7/c1-26(2)11-12-30(24(35)37-6)18(13-26)17-7-8-20-27(3)14-19-23(34)31(16-32,25(36)38-19)21(27)9-10-28(20,4)29(17,5)15-22(30)33/h7,18-23,32-34H,8-16H2,1-6H3/t18-,19-,20+,21+,22+,23-,27+,28+,29+,30+,31+/m0/s1. The lowest BCUT2D eigenvalue weighted by Gasteiger charge is -2.71. The molecule has 3 N–H and O–H groups in total. The van der Waals surface area contributed by atoms with Gasteiger partial charge in [0.05, 0.1) is 19.8 Å². The van der Waals surface area contributed by atoms with Gasteiger partial charge in [0.2, 0.25) is 0 Å². The third kappa shape index (κ3) is 2.82. The maximum absolute atomic E-state index is 13.4. The second-order valence-corrected chi connectivity index (χ2v) is 15.3. The predicted molar refractivity (Wildman–Crippen MR) is 139 cm³/mol. The van der Waals surface area contributed by atoms with Crippen molar-refractivity contribution in [2.75, 3.05) is 13.7 Å². The van der Waals surface area contributed by atoms with E-state index in [-0.39, 0.29) is 45.4 Å². The van der Waals surface area contributed by atoms with Gasteiger partial charge in [-0.05, 0) is 90.8 Å². The molecule has 1 heterocycles. The minimum atomic E-state index is -1.26. The van der Waals surface area contributed by atoms with Crippen LogP contribution in [0.3, 0.4) is 0 Å². The summed E-state index contributed by atoms with van der Waals surface area (Å²) in [5, 5.41) is 33.5. The molecule has 0 aromatic carbocycles. The number of aliphatic hydroxyl groups is 3. The van der Waals surface area contributed by atoms with E-state index in [1.165, 1.54) is 12.7 Å². The Morgan fingerprint density at radius 3 is 2.42 bits per heavy atom. The fraction of sp³-hybridized carbons (Fsp3) is 0.871. The molecule has 0 spiro atoms. The normalized spacial score (nSPS) is 54.4. The molecule has 6 rings (SSSR count). The number of rotatable bonds is 2. The fourth-order valence-corrected chi connectivity index (χ4v) is 11.4. The van der Waals surface area contributed by atoms with Crippen molar-refractivity contribution in [2.45, 2.75) is 104 Å². The second-order valence-electron chi connectivity index (χ2n) is 15.3. The number of allylic oxidation sites excluding steroid dienone is 2. The van der Waals surface area contributed by atoms with E-state index >= 15 is 0 Å². The van der Waals surface area contributed by atoms with Gasteiger partial charge < -0.3 is 24.8 Å². The lowest BCUT2D eigenvalue weighted by molar-refractivity contribution is -0.223. The lowest BCUT2D eigenvalue weighted by atomic mass is 9.33. The highest BCUT2D eigenvalue weighted by atomic mass is 16.6. The molecule has 1 saturated heterocycles. The van der Waals surface area contributed by atoms with Crippen molar-refractivity contribution in [1.82, 2.24) is 0 Å². The third-order valence-electron chi connectivity index (χ3n) is 13.6. The molecule has 0 radical (unpaired) electrons. The summed E-state index contributed by atoms with van der Waals surface area (Å²) >= 11 is 0. The van der Waals surface area contributed by atoms with Crippen LogP contribution in [-0.2, 0) is 19.1 Å². The van der Waals surface area contributed by atoms with Crippen molar-refractivity contribution in [3.63, 3.8) is 0 Å². The Bertz CT molecular complexity index is 1100. The summed E-state index contributed by atoms with van der Waals surface area (Å²) in [4.78, 5) is 26.5. The molecule has 1 aliphatic heterocycles. The number of esters is 2.